The number of phenols is 1. The van der Waals surface area contributed by atoms with Gasteiger partial charge in [0.1, 0.15) is 5.75 Å². The van der Waals surface area contributed by atoms with E-state index >= 15 is 0 Å². The van der Waals surface area contributed by atoms with Gasteiger partial charge in [0.2, 0.25) is 0 Å². The number of hydrogen-bond donors (Lipinski definition) is 2. The number of esters is 1. The molecule has 1 fully saturated rings. The van der Waals surface area contributed by atoms with Crippen LogP contribution in [0.15, 0.2) is 42.2 Å². The summed E-state index contributed by atoms with van der Waals surface area (Å²) in [4.78, 5) is 46.5. The van der Waals surface area contributed by atoms with Crippen LogP contribution in [0.5, 0.6) is 11.5 Å². The lowest BCUT2D eigenvalue weighted by Gasteiger charge is -2.46. The van der Waals surface area contributed by atoms with Crippen LogP contribution in [0, 0.1) is 42.2 Å². The number of benzene rings is 2. The Balaban J connectivity index is 0.000000245. The van der Waals surface area contributed by atoms with Crippen LogP contribution in [-0.2, 0) is 20.7 Å². The highest BCUT2D eigenvalue weighted by molar-refractivity contribution is 5.91. The van der Waals surface area contributed by atoms with Crippen molar-refractivity contribution < 1.29 is 38.9 Å². The van der Waals surface area contributed by atoms with Crippen molar-refractivity contribution in [2.45, 2.75) is 32.2 Å². The van der Waals surface area contributed by atoms with Gasteiger partial charge in [-0.25, -0.2) is 4.79 Å². The van der Waals surface area contributed by atoms with E-state index < -0.39 is 37.6 Å². The largest absolute Gasteiger partial charge is 0.504 e. The van der Waals surface area contributed by atoms with Crippen molar-refractivity contribution in [2.24, 2.45) is 11.8 Å². The minimum atomic E-state index is -1.21. The number of H-pyrrole nitrogens is 1. The van der Waals surface area contributed by atoms with Crippen molar-refractivity contribution in [3.05, 3.63) is 83.8 Å². The summed E-state index contributed by atoms with van der Waals surface area (Å²) in [5.41, 5.74) is 1.37. The topological polar surface area (TPSA) is 213 Å². The van der Waals surface area contributed by atoms with Crippen molar-refractivity contribution in [2.75, 3.05) is 34.4 Å². The van der Waals surface area contributed by atoms with E-state index in [1.54, 1.807) is 20.5 Å². The molecule has 3 aromatic rings. The maximum absolute atomic E-state index is 12.5. The first-order valence-corrected chi connectivity index (χ1v) is 14.0. The van der Waals surface area contributed by atoms with Gasteiger partial charge in [-0.2, -0.15) is 0 Å². The zero-order valence-electron chi connectivity index (χ0n) is 25.1. The molecule has 3 heterocycles. The van der Waals surface area contributed by atoms with Crippen LogP contribution in [0.3, 0.4) is 0 Å². The SMILES string of the molecule is CCC1CN2CCc3c([nH]c4cccc(OC)c34)C2CC1C(=COC)C(=O)OC.O=[N+]([O-])c1cc([N+](=O)[O-])c(O)c([N+](=O)[O-])c1. The molecule has 240 valence electrons. The van der Waals surface area contributed by atoms with E-state index in [0.717, 1.165) is 43.6 Å². The number of non-ortho nitro benzene ring substituents is 1. The number of ether oxygens (including phenoxy) is 3. The van der Waals surface area contributed by atoms with Crippen molar-refractivity contribution >= 4 is 33.9 Å². The molecule has 0 amide bonds. The predicted molar refractivity (Wildman–Crippen MR) is 160 cm³/mol. The Morgan fingerprint density at radius 2 is 1.76 bits per heavy atom. The molecule has 2 aliphatic rings. The van der Waals surface area contributed by atoms with Gasteiger partial charge in [0, 0.05) is 29.7 Å². The number of aromatic nitrogens is 1. The van der Waals surface area contributed by atoms with E-state index in [2.05, 4.69) is 22.9 Å². The van der Waals surface area contributed by atoms with Crippen LogP contribution in [0.2, 0.25) is 0 Å². The van der Waals surface area contributed by atoms with Gasteiger partial charge in [-0.15, -0.1) is 0 Å². The number of aromatic hydroxyl groups is 1. The smallest absolute Gasteiger partial charge is 0.337 e. The molecule has 0 radical (unpaired) electrons. The number of carbonyl (C=O) groups is 1. The van der Waals surface area contributed by atoms with Gasteiger partial charge in [-0.1, -0.05) is 19.4 Å². The third-order valence-electron chi connectivity index (χ3n) is 8.33. The molecule has 0 aliphatic carbocycles. The van der Waals surface area contributed by atoms with E-state index in [9.17, 15) is 35.1 Å². The highest BCUT2D eigenvalue weighted by Gasteiger charge is 2.42. The molecule has 0 spiro atoms. The molecule has 5 rings (SSSR count). The third-order valence-corrected chi connectivity index (χ3v) is 8.33. The molecule has 1 aromatic heterocycles. The van der Waals surface area contributed by atoms with Gasteiger partial charge in [0.05, 0.1) is 66.1 Å². The molecule has 1 saturated heterocycles. The summed E-state index contributed by atoms with van der Waals surface area (Å²) in [5, 5.41) is 41.4. The summed E-state index contributed by atoms with van der Waals surface area (Å²) >= 11 is 0. The van der Waals surface area contributed by atoms with Crippen molar-refractivity contribution in [3.8, 4) is 11.5 Å². The predicted octanol–water partition coefficient (Wildman–Crippen LogP) is 4.94. The first-order valence-electron chi connectivity index (χ1n) is 14.0. The molecular weight excluding hydrogens is 594 g/mol. The second kappa shape index (κ2) is 13.6. The summed E-state index contributed by atoms with van der Waals surface area (Å²) in [6, 6.07) is 7.30. The molecule has 0 saturated carbocycles. The second-order valence-electron chi connectivity index (χ2n) is 10.6. The van der Waals surface area contributed by atoms with Crippen LogP contribution < -0.4 is 4.74 Å². The van der Waals surface area contributed by atoms with Crippen LogP contribution in [0.25, 0.3) is 10.9 Å². The number of nitro benzene ring substituents is 3. The van der Waals surface area contributed by atoms with Gasteiger partial charge >= 0.3 is 17.3 Å². The fourth-order valence-corrected chi connectivity index (χ4v) is 6.26. The number of phenolic OH excluding ortho intramolecular Hbond substituents is 1. The number of nitrogens with one attached hydrogen (secondary N) is 1. The lowest BCUT2D eigenvalue weighted by atomic mass is 9.74. The lowest BCUT2D eigenvalue weighted by molar-refractivity contribution is -0.404. The number of carbonyl (C=O) groups excluding carboxylic acids is 1. The first-order chi connectivity index (χ1) is 21.5. The van der Waals surface area contributed by atoms with Crippen molar-refractivity contribution in [1.29, 1.82) is 0 Å². The summed E-state index contributed by atoms with van der Waals surface area (Å²) in [7, 11) is 4.75. The maximum Gasteiger partial charge on any atom is 0.337 e. The van der Waals surface area contributed by atoms with Crippen LogP contribution in [0.1, 0.15) is 37.1 Å². The Hall–Kier alpha value is -5.25. The molecule has 0 bridgehead atoms. The minimum absolute atomic E-state index is 0.105. The Labute approximate surface area is 256 Å². The van der Waals surface area contributed by atoms with Gasteiger partial charge in [0.15, 0.2) is 0 Å². The first kappa shape index (κ1) is 32.7. The number of fused-ring (bicyclic) bond motifs is 5. The molecule has 2 aliphatic heterocycles. The molecular formula is C29H33N5O11. The average molecular weight is 628 g/mol. The number of hydrogen-bond acceptors (Lipinski definition) is 12. The van der Waals surface area contributed by atoms with E-state index in [1.165, 1.54) is 23.8 Å². The number of aromatic amines is 1. The third kappa shape index (κ3) is 6.35. The maximum atomic E-state index is 12.5. The molecule has 2 N–H and O–H groups in total. The van der Waals surface area contributed by atoms with Crippen LogP contribution >= 0.6 is 0 Å². The normalized spacial score (nSPS) is 19.4. The fourth-order valence-electron chi connectivity index (χ4n) is 6.26. The molecule has 3 unspecified atom stereocenters. The Kier molecular flexibility index (Phi) is 9.86. The zero-order chi connectivity index (χ0) is 33.0. The Morgan fingerprint density at radius 1 is 1.09 bits per heavy atom. The lowest BCUT2D eigenvalue weighted by Crippen LogP contribution is -2.47. The van der Waals surface area contributed by atoms with Crippen LogP contribution in [-0.4, -0.2) is 70.1 Å². The second-order valence-corrected chi connectivity index (χ2v) is 10.6. The van der Waals surface area contributed by atoms with Gasteiger partial charge in [-0.05, 0) is 42.4 Å². The van der Waals surface area contributed by atoms with E-state index in [1.807, 2.05) is 12.1 Å². The van der Waals surface area contributed by atoms with E-state index in [4.69, 9.17) is 19.3 Å². The molecule has 16 nitrogen and oxygen atoms in total. The summed E-state index contributed by atoms with van der Waals surface area (Å²) in [5.74, 6) is -0.0828. The number of rotatable bonds is 8. The van der Waals surface area contributed by atoms with Gasteiger partial charge in [0.25, 0.3) is 11.4 Å². The highest BCUT2D eigenvalue weighted by Crippen LogP contribution is 2.47. The quantitative estimate of drug-likeness (QED) is 0.112. The fraction of sp³-hybridized carbons (Fsp3) is 0.414. The van der Waals surface area contributed by atoms with Crippen molar-refractivity contribution in [3.63, 3.8) is 0 Å². The average Bonchev–Trinajstić information content (AvgIpc) is 3.42. The zero-order valence-corrected chi connectivity index (χ0v) is 25.1. The summed E-state index contributed by atoms with van der Waals surface area (Å²) in [6.07, 6.45) is 4.46. The van der Waals surface area contributed by atoms with Crippen LogP contribution in [0.4, 0.5) is 17.1 Å². The molecule has 16 heteroatoms. The van der Waals surface area contributed by atoms with E-state index in [-0.39, 0.29) is 17.9 Å². The Bertz CT molecular complexity index is 1630. The monoisotopic (exact) mass is 627 g/mol. The van der Waals surface area contributed by atoms with Crippen molar-refractivity contribution in [1.82, 2.24) is 9.88 Å². The summed E-state index contributed by atoms with van der Waals surface area (Å²) in [6.45, 7) is 4.19. The van der Waals surface area contributed by atoms with Gasteiger partial charge < -0.3 is 24.3 Å². The standard InChI is InChI=1S/C23H30N2O4.C6H3N3O7/c1-5-14-12-25-10-9-15-21-18(7-6-8-20(21)28-3)24-22(15)19(25)11-16(14)17(13-27-2)23(26)29-4;10-6-4(8(13)14)1-3(7(11)12)2-5(6)9(15)16/h6-8,13-14,16,19,24H,5,9-12H2,1-4H3;1-2,10H. The summed E-state index contributed by atoms with van der Waals surface area (Å²) < 4.78 is 16.0. The Morgan fingerprint density at radius 3 is 2.29 bits per heavy atom. The number of piperidine rings is 1. The number of nitro groups is 3. The van der Waals surface area contributed by atoms with Gasteiger partial charge in [-0.3, -0.25) is 35.2 Å². The number of methoxy groups -OCH3 is 3. The molecule has 2 aromatic carbocycles. The molecule has 3 atom stereocenters. The highest BCUT2D eigenvalue weighted by atomic mass is 16.6. The number of nitrogens with zero attached hydrogens (tertiary/aromatic N) is 4. The van der Waals surface area contributed by atoms with E-state index in [0.29, 0.717) is 23.6 Å². The molecule has 45 heavy (non-hydrogen) atoms. The minimum Gasteiger partial charge on any atom is -0.504 e.